The highest BCUT2D eigenvalue weighted by atomic mass is 16.2. The quantitative estimate of drug-likeness (QED) is 0.736. The monoisotopic (exact) mass is 225 g/mol. The van der Waals surface area contributed by atoms with Gasteiger partial charge in [0.15, 0.2) is 5.78 Å². The molecule has 1 rings (SSSR count). The predicted molar refractivity (Wildman–Crippen MR) is 64.0 cm³/mol. The van der Waals surface area contributed by atoms with Gasteiger partial charge in [0.05, 0.1) is 6.04 Å². The van der Waals surface area contributed by atoms with Crippen LogP contribution in [0.15, 0.2) is 0 Å². The van der Waals surface area contributed by atoms with Crippen LogP contribution in [0.3, 0.4) is 0 Å². The van der Waals surface area contributed by atoms with E-state index in [-0.39, 0.29) is 23.1 Å². The number of Topliss-reactive ketones (excluding diaryl/α,β-unsaturated/α-hetero) is 1. The zero-order valence-corrected chi connectivity index (χ0v) is 11.0. The smallest absolute Gasteiger partial charge is 0.220 e. The third-order valence-electron chi connectivity index (χ3n) is 3.98. The van der Waals surface area contributed by atoms with Gasteiger partial charge in [-0.05, 0) is 38.0 Å². The van der Waals surface area contributed by atoms with Crippen LogP contribution in [0, 0.1) is 11.3 Å². The van der Waals surface area contributed by atoms with Crippen molar-refractivity contribution in [2.24, 2.45) is 11.3 Å². The molecule has 1 aliphatic carbocycles. The summed E-state index contributed by atoms with van der Waals surface area (Å²) in [7, 11) is 0. The van der Waals surface area contributed by atoms with Crippen molar-refractivity contribution in [3.8, 4) is 0 Å². The van der Waals surface area contributed by atoms with Gasteiger partial charge in [-0.15, -0.1) is 0 Å². The SMILES string of the molecule is CCN(C(C)=O)[C@H](C(C)=O)[C@@H]1CCC1(C)C. The molecule has 1 saturated carbocycles. The van der Waals surface area contributed by atoms with E-state index < -0.39 is 0 Å². The molecule has 0 unspecified atom stereocenters. The minimum Gasteiger partial charge on any atom is -0.333 e. The number of hydrogen-bond acceptors (Lipinski definition) is 2. The summed E-state index contributed by atoms with van der Waals surface area (Å²) in [5, 5.41) is 0. The van der Waals surface area contributed by atoms with Crippen molar-refractivity contribution >= 4 is 11.7 Å². The lowest BCUT2D eigenvalue weighted by Gasteiger charge is -2.50. The van der Waals surface area contributed by atoms with E-state index in [1.807, 2.05) is 6.92 Å². The Hall–Kier alpha value is -0.860. The van der Waals surface area contributed by atoms with Crippen LogP contribution < -0.4 is 0 Å². The van der Waals surface area contributed by atoms with Crippen LogP contribution in [0.4, 0.5) is 0 Å². The average molecular weight is 225 g/mol. The lowest BCUT2D eigenvalue weighted by atomic mass is 9.59. The fourth-order valence-electron chi connectivity index (χ4n) is 2.81. The molecule has 16 heavy (non-hydrogen) atoms. The van der Waals surface area contributed by atoms with E-state index in [0.717, 1.165) is 12.8 Å². The summed E-state index contributed by atoms with van der Waals surface area (Å²) >= 11 is 0. The zero-order valence-electron chi connectivity index (χ0n) is 11.0. The van der Waals surface area contributed by atoms with Crippen LogP contribution in [0.25, 0.3) is 0 Å². The molecule has 1 fully saturated rings. The summed E-state index contributed by atoms with van der Waals surface area (Å²) in [6, 6.07) is -0.216. The van der Waals surface area contributed by atoms with E-state index in [1.54, 1.807) is 18.7 Å². The van der Waals surface area contributed by atoms with Crippen molar-refractivity contribution in [2.45, 2.75) is 53.5 Å². The fraction of sp³-hybridized carbons (Fsp3) is 0.846. The summed E-state index contributed by atoms with van der Waals surface area (Å²) in [6.07, 6.45) is 2.21. The Labute approximate surface area is 98.2 Å². The first-order chi connectivity index (χ1) is 7.31. The molecule has 1 amide bonds. The van der Waals surface area contributed by atoms with Crippen LogP contribution in [-0.4, -0.2) is 29.2 Å². The lowest BCUT2D eigenvalue weighted by molar-refractivity contribution is -0.144. The van der Waals surface area contributed by atoms with E-state index in [4.69, 9.17) is 0 Å². The Kier molecular flexibility index (Phi) is 3.76. The van der Waals surface area contributed by atoms with E-state index in [1.165, 1.54) is 0 Å². The standard InChI is InChI=1S/C13H23NO2/c1-6-14(10(3)16)12(9(2)15)11-7-8-13(11,4)5/h11-12H,6-8H2,1-5H3/t11-,12+/m0/s1. The van der Waals surface area contributed by atoms with Gasteiger partial charge in [0.1, 0.15) is 0 Å². The normalized spacial score (nSPS) is 24.4. The van der Waals surface area contributed by atoms with Crippen molar-refractivity contribution in [3.63, 3.8) is 0 Å². The summed E-state index contributed by atoms with van der Waals surface area (Å²) in [6.45, 7) is 10.1. The molecule has 0 aromatic heterocycles. The highest BCUT2D eigenvalue weighted by molar-refractivity contribution is 5.87. The Morgan fingerprint density at radius 3 is 2.12 bits per heavy atom. The van der Waals surface area contributed by atoms with Gasteiger partial charge >= 0.3 is 0 Å². The van der Waals surface area contributed by atoms with Crippen molar-refractivity contribution in [2.75, 3.05) is 6.54 Å². The van der Waals surface area contributed by atoms with Gasteiger partial charge in [-0.2, -0.15) is 0 Å². The van der Waals surface area contributed by atoms with Crippen molar-refractivity contribution in [1.29, 1.82) is 0 Å². The van der Waals surface area contributed by atoms with Gasteiger partial charge in [0.25, 0.3) is 0 Å². The molecule has 0 aromatic carbocycles. The van der Waals surface area contributed by atoms with E-state index >= 15 is 0 Å². The zero-order chi connectivity index (χ0) is 12.5. The lowest BCUT2D eigenvalue weighted by Crippen LogP contribution is -2.55. The first-order valence-corrected chi connectivity index (χ1v) is 6.09. The molecular formula is C13H23NO2. The molecule has 0 spiro atoms. The maximum Gasteiger partial charge on any atom is 0.220 e. The van der Waals surface area contributed by atoms with Gasteiger partial charge in [0, 0.05) is 13.5 Å². The fourth-order valence-corrected chi connectivity index (χ4v) is 2.81. The molecule has 0 heterocycles. The first kappa shape index (κ1) is 13.2. The van der Waals surface area contributed by atoms with E-state index in [9.17, 15) is 9.59 Å². The molecule has 0 radical (unpaired) electrons. The topological polar surface area (TPSA) is 37.4 Å². The number of hydrogen-bond donors (Lipinski definition) is 0. The van der Waals surface area contributed by atoms with Gasteiger partial charge in [-0.1, -0.05) is 13.8 Å². The number of likely N-dealkylation sites (N-methyl/N-ethyl adjacent to an activating group) is 1. The molecule has 1 aliphatic rings. The number of carbonyl (C=O) groups excluding carboxylic acids is 2. The Morgan fingerprint density at radius 1 is 1.38 bits per heavy atom. The molecule has 0 aromatic rings. The van der Waals surface area contributed by atoms with Crippen molar-refractivity contribution in [1.82, 2.24) is 4.90 Å². The molecule has 3 heteroatoms. The number of carbonyl (C=O) groups is 2. The second kappa shape index (κ2) is 4.56. The minimum absolute atomic E-state index is 0.00500. The minimum atomic E-state index is -0.216. The maximum absolute atomic E-state index is 11.8. The van der Waals surface area contributed by atoms with Gasteiger partial charge in [-0.25, -0.2) is 0 Å². The van der Waals surface area contributed by atoms with Gasteiger partial charge in [-0.3, -0.25) is 9.59 Å². The van der Waals surface area contributed by atoms with Crippen LogP contribution in [-0.2, 0) is 9.59 Å². The number of amides is 1. The molecule has 0 N–H and O–H groups in total. The highest BCUT2D eigenvalue weighted by Gasteiger charge is 2.47. The first-order valence-electron chi connectivity index (χ1n) is 6.09. The third kappa shape index (κ3) is 2.28. The van der Waals surface area contributed by atoms with Gasteiger partial charge in [0.2, 0.25) is 5.91 Å². The largest absolute Gasteiger partial charge is 0.333 e. The molecular weight excluding hydrogens is 202 g/mol. The van der Waals surface area contributed by atoms with E-state index in [0.29, 0.717) is 12.5 Å². The van der Waals surface area contributed by atoms with Crippen molar-refractivity contribution in [3.05, 3.63) is 0 Å². The third-order valence-corrected chi connectivity index (χ3v) is 3.98. The summed E-state index contributed by atoms with van der Waals surface area (Å²) < 4.78 is 0. The molecule has 0 aliphatic heterocycles. The van der Waals surface area contributed by atoms with Crippen LogP contribution >= 0.6 is 0 Å². The van der Waals surface area contributed by atoms with Crippen molar-refractivity contribution < 1.29 is 9.59 Å². The predicted octanol–water partition coefficient (Wildman–Crippen LogP) is 2.25. The van der Waals surface area contributed by atoms with Gasteiger partial charge < -0.3 is 4.90 Å². The van der Waals surface area contributed by atoms with Crippen LogP contribution in [0.5, 0.6) is 0 Å². The Morgan fingerprint density at radius 2 is 1.94 bits per heavy atom. The summed E-state index contributed by atoms with van der Waals surface area (Å²) in [5.74, 6) is 0.453. The highest BCUT2D eigenvalue weighted by Crippen LogP contribution is 2.49. The Balaban J connectivity index is 2.91. The van der Waals surface area contributed by atoms with E-state index in [2.05, 4.69) is 13.8 Å². The average Bonchev–Trinajstić information content (AvgIpc) is 2.15. The van der Waals surface area contributed by atoms with Crippen LogP contribution in [0.1, 0.15) is 47.5 Å². The summed E-state index contributed by atoms with van der Waals surface area (Å²) in [4.78, 5) is 25.0. The number of ketones is 1. The molecule has 0 bridgehead atoms. The Bertz CT molecular complexity index is 296. The summed E-state index contributed by atoms with van der Waals surface area (Å²) in [5.41, 5.74) is 0.194. The number of rotatable bonds is 4. The second-order valence-corrected chi connectivity index (χ2v) is 5.49. The molecule has 0 saturated heterocycles. The second-order valence-electron chi connectivity index (χ2n) is 5.49. The molecule has 3 nitrogen and oxygen atoms in total. The molecule has 92 valence electrons. The number of nitrogens with zero attached hydrogens (tertiary/aromatic N) is 1. The maximum atomic E-state index is 11.8. The molecule has 2 atom stereocenters. The van der Waals surface area contributed by atoms with Crippen LogP contribution in [0.2, 0.25) is 0 Å².